The molecule has 2 heteroatoms. The van der Waals surface area contributed by atoms with E-state index in [9.17, 15) is 0 Å². The van der Waals surface area contributed by atoms with Crippen LogP contribution in [-0.2, 0) is 4.74 Å². The van der Waals surface area contributed by atoms with Crippen molar-refractivity contribution in [3.63, 3.8) is 0 Å². The van der Waals surface area contributed by atoms with Crippen molar-refractivity contribution in [1.82, 2.24) is 5.32 Å². The first kappa shape index (κ1) is 13.4. The highest BCUT2D eigenvalue weighted by molar-refractivity contribution is 5.28. The standard InChI is InChI=1S/C15H29NO/c1-8-16-9-11-13(4,5)15(11)10-12(2,3)17-14(15,6)7/h11,16H,8-10H2,1-7H3. The highest BCUT2D eigenvalue weighted by Gasteiger charge is 2.80. The third-order valence-corrected chi connectivity index (χ3v) is 5.44. The first-order valence-corrected chi connectivity index (χ1v) is 7.02. The zero-order valence-corrected chi connectivity index (χ0v) is 12.6. The predicted octanol–water partition coefficient (Wildman–Crippen LogP) is 3.22. The van der Waals surface area contributed by atoms with Crippen molar-refractivity contribution in [1.29, 1.82) is 0 Å². The van der Waals surface area contributed by atoms with Gasteiger partial charge in [-0.05, 0) is 58.5 Å². The van der Waals surface area contributed by atoms with Crippen molar-refractivity contribution in [2.75, 3.05) is 13.1 Å². The molecule has 1 spiro atoms. The second kappa shape index (κ2) is 3.48. The van der Waals surface area contributed by atoms with E-state index in [2.05, 4.69) is 53.8 Å². The lowest BCUT2D eigenvalue weighted by atomic mass is 9.77. The van der Waals surface area contributed by atoms with E-state index < -0.39 is 0 Å². The average molecular weight is 239 g/mol. The number of hydrogen-bond donors (Lipinski definition) is 1. The van der Waals surface area contributed by atoms with E-state index >= 15 is 0 Å². The maximum absolute atomic E-state index is 6.33. The van der Waals surface area contributed by atoms with Crippen LogP contribution < -0.4 is 5.32 Å². The number of rotatable bonds is 3. The van der Waals surface area contributed by atoms with Crippen LogP contribution in [-0.4, -0.2) is 24.3 Å². The summed E-state index contributed by atoms with van der Waals surface area (Å²) in [5.41, 5.74) is 0.778. The Morgan fingerprint density at radius 2 is 1.71 bits per heavy atom. The molecule has 2 fully saturated rings. The Kier molecular flexibility index (Phi) is 2.73. The quantitative estimate of drug-likeness (QED) is 0.816. The van der Waals surface area contributed by atoms with Gasteiger partial charge in [-0.15, -0.1) is 0 Å². The van der Waals surface area contributed by atoms with E-state index in [1.807, 2.05) is 0 Å². The van der Waals surface area contributed by atoms with E-state index in [0.29, 0.717) is 10.8 Å². The van der Waals surface area contributed by atoms with Crippen LogP contribution in [0, 0.1) is 16.7 Å². The summed E-state index contributed by atoms with van der Waals surface area (Å²) in [5, 5.41) is 3.53. The van der Waals surface area contributed by atoms with Crippen molar-refractivity contribution in [2.45, 2.75) is 66.1 Å². The molecule has 17 heavy (non-hydrogen) atoms. The SMILES string of the molecule is CCNCC1C(C)(C)C12CC(C)(C)OC2(C)C. The molecule has 2 rings (SSSR count). The number of hydrogen-bond acceptors (Lipinski definition) is 2. The van der Waals surface area contributed by atoms with Gasteiger partial charge in [0, 0.05) is 5.41 Å². The Morgan fingerprint density at radius 1 is 1.12 bits per heavy atom. The second-order valence-electron chi connectivity index (χ2n) is 7.60. The van der Waals surface area contributed by atoms with Gasteiger partial charge >= 0.3 is 0 Å². The van der Waals surface area contributed by atoms with Gasteiger partial charge in [-0.25, -0.2) is 0 Å². The molecule has 0 bridgehead atoms. The summed E-state index contributed by atoms with van der Waals surface area (Å²) in [5.74, 6) is 0.742. The van der Waals surface area contributed by atoms with Gasteiger partial charge in [-0.2, -0.15) is 0 Å². The summed E-state index contributed by atoms with van der Waals surface area (Å²) in [6, 6.07) is 0. The summed E-state index contributed by atoms with van der Waals surface area (Å²) in [4.78, 5) is 0. The van der Waals surface area contributed by atoms with Gasteiger partial charge in [-0.3, -0.25) is 0 Å². The molecule has 2 nitrogen and oxygen atoms in total. The van der Waals surface area contributed by atoms with Crippen LogP contribution in [0.3, 0.4) is 0 Å². The average Bonchev–Trinajstić information content (AvgIpc) is 2.47. The Morgan fingerprint density at radius 3 is 2.12 bits per heavy atom. The largest absolute Gasteiger partial charge is 0.369 e. The maximum atomic E-state index is 6.33. The van der Waals surface area contributed by atoms with Crippen LogP contribution in [0.25, 0.3) is 0 Å². The minimum atomic E-state index is 0.0000874. The first-order chi connectivity index (χ1) is 7.61. The zero-order chi connectivity index (χ0) is 13.1. The lowest BCUT2D eigenvalue weighted by Crippen LogP contribution is -2.34. The summed E-state index contributed by atoms with van der Waals surface area (Å²) in [6.45, 7) is 18.3. The van der Waals surface area contributed by atoms with Crippen LogP contribution in [0.4, 0.5) is 0 Å². The molecule has 0 aromatic heterocycles. The molecule has 2 aliphatic rings. The van der Waals surface area contributed by atoms with Crippen LogP contribution in [0.5, 0.6) is 0 Å². The molecule has 1 saturated heterocycles. The minimum Gasteiger partial charge on any atom is -0.369 e. The highest BCUT2D eigenvalue weighted by atomic mass is 16.5. The summed E-state index contributed by atoms with van der Waals surface area (Å²) < 4.78 is 6.33. The predicted molar refractivity (Wildman–Crippen MR) is 72.1 cm³/mol. The lowest BCUT2D eigenvalue weighted by Gasteiger charge is -2.30. The number of nitrogens with one attached hydrogen (secondary N) is 1. The molecular formula is C15H29NO. The molecular weight excluding hydrogens is 210 g/mol. The summed E-state index contributed by atoms with van der Waals surface area (Å²) in [7, 11) is 0. The fourth-order valence-corrected chi connectivity index (χ4v) is 4.93. The summed E-state index contributed by atoms with van der Waals surface area (Å²) in [6.07, 6.45) is 1.19. The van der Waals surface area contributed by atoms with Crippen molar-refractivity contribution >= 4 is 0 Å². The van der Waals surface area contributed by atoms with Crippen LogP contribution in [0.1, 0.15) is 54.9 Å². The topological polar surface area (TPSA) is 21.3 Å². The maximum Gasteiger partial charge on any atom is 0.0699 e. The Bertz CT molecular complexity index is 319. The molecule has 0 aromatic carbocycles. The smallest absolute Gasteiger partial charge is 0.0699 e. The van der Waals surface area contributed by atoms with Crippen LogP contribution in [0.15, 0.2) is 0 Å². The van der Waals surface area contributed by atoms with Crippen molar-refractivity contribution in [2.24, 2.45) is 16.7 Å². The van der Waals surface area contributed by atoms with Gasteiger partial charge in [0.25, 0.3) is 0 Å². The molecule has 1 aliphatic heterocycles. The molecule has 1 saturated carbocycles. The first-order valence-electron chi connectivity index (χ1n) is 7.02. The molecule has 0 radical (unpaired) electrons. The third kappa shape index (κ3) is 1.60. The molecule has 0 amide bonds. The zero-order valence-electron chi connectivity index (χ0n) is 12.6. The third-order valence-electron chi connectivity index (χ3n) is 5.44. The molecule has 1 aliphatic carbocycles. The Balaban J connectivity index is 2.26. The van der Waals surface area contributed by atoms with Crippen LogP contribution in [0.2, 0.25) is 0 Å². The molecule has 100 valence electrons. The fourth-order valence-electron chi connectivity index (χ4n) is 4.93. The highest BCUT2D eigenvalue weighted by Crippen LogP contribution is 2.79. The normalized spacial score (nSPS) is 40.8. The van der Waals surface area contributed by atoms with Crippen molar-refractivity contribution < 1.29 is 4.74 Å². The van der Waals surface area contributed by atoms with Crippen LogP contribution >= 0.6 is 0 Å². The minimum absolute atomic E-state index is 0.0000874. The van der Waals surface area contributed by atoms with Gasteiger partial charge in [0.05, 0.1) is 11.2 Å². The molecule has 0 aromatic rings. The van der Waals surface area contributed by atoms with E-state index in [0.717, 1.165) is 19.0 Å². The van der Waals surface area contributed by atoms with Gasteiger partial charge in [-0.1, -0.05) is 20.8 Å². The monoisotopic (exact) mass is 239 g/mol. The van der Waals surface area contributed by atoms with Crippen molar-refractivity contribution in [3.8, 4) is 0 Å². The van der Waals surface area contributed by atoms with Gasteiger partial charge < -0.3 is 10.1 Å². The second-order valence-corrected chi connectivity index (χ2v) is 7.60. The van der Waals surface area contributed by atoms with E-state index in [4.69, 9.17) is 4.74 Å². The van der Waals surface area contributed by atoms with Gasteiger partial charge in [0.1, 0.15) is 0 Å². The molecule has 1 heterocycles. The van der Waals surface area contributed by atoms with E-state index in [1.165, 1.54) is 6.42 Å². The summed E-state index contributed by atoms with van der Waals surface area (Å²) >= 11 is 0. The molecule has 1 N–H and O–H groups in total. The van der Waals surface area contributed by atoms with Gasteiger partial charge in [0.2, 0.25) is 0 Å². The number of ether oxygens (including phenoxy) is 1. The molecule has 2 unspecified atom stereocenters. The van der Waals surface area contributed by atoms with Crippen molar-refractivity contribution in [3.05, 3.63) is 0 Å². The lowest BCUT2D eigenvalue weighted by molar-refractivity contribution is -0.0833. The Labute approximate surface area is 107 Å². The molecule has 2 atom stereocenters. The Hall–Kier alpha value is -0.0800. The van der Waals surface area contributed by atoms with E-state index in [1.54, 1.807) is 0 Å². The fraction of sp³-hybridized carbons (Fsp3) is 1.00. The van der Waals surface area contributed by atoms with E-state index in [-0.39, 0.29) is 11.2 Å². The van der Waals surface area contributed by atoms with Gasteiger partial charge in [0.15, 0.2) is 0 Å².